The highest BCUT2D eigenvalue weighted by atomic mass is 32.2. The highest BCUT2D eigenvalue weighted by Gasteiger charge is 2.30. The van der Waals surface area contributed by atoms with Gasteiger partial charge in [-0.1, -0.05) is 48.5 Å². The highest BCUT2D eigenvalue weighted by molar-refractivity contribution is 7.90. The van der Waals surface area contributed by atoms with E-state index in [0.717, 1.165) is 33.4 Å². The first-order chi connectivity index (χ1) is 13.8. The van der Waals surface area contributed by atoms with Crippen LogP contribution in [0.4, 0.5) is 4.79 Å². The quantitative estimate of drug-likeness (QED) is 0.709. The van der Waals surface area contributed by atoms with Gasteiger partial charge >= 0.3 is 12.1 Å². The van der Waals surface area contributed by atoms with Gasteiger partial charge in [0.2, 0.25) is 0 Å². The molecule has 1 aliphatic rings. The van der Waals surface area contributed by atoms with E-state index in [-0.39, 0.29) is 31.2 Å². The molecule has 8 heteroatoms. The number of carboxylic acid groups (broad SMARTS) is 1. The lowest BCUT2D eigenvalue weighted by Gasteiger charge is -2.22. The molecular formula is C21H23NO6S. The van der Waals surface area contributed by atoms with Gasteiger partial charge < -0.3 is 9.84 Å². The second kappa shape index (κ2) is 8.65. The molecule has 0 atom stereocenters. The number of nitrogens with zero attached hydrogens (tertiary/aromatic N) is 1. The fourth-order valence-electron chi connectivity index (χ4n) is 3.60. The average molecular weight is 417 g/mol. The van der Waals surface area contributed by atoms with Crippen molar-refractivity contribution in [3.8, 4) is 11.1 Å². The van der Waals surface area contributed by atoms with Crippen molar-refractivity contribution in [2.24, 2.45) is 0 Å². The third-order valence-electron chi connectivity index (χ3n) is 4.86. The van der Waals surface area contributed by atoms with Gasteiger partial charge in [-0.05, 0) is 28.7 Å². The van der Waals surface area contributed by atoms with Crippen molar-refractivity contribution in [3.63, 3.8) is 0 Å². The normalized spacial score (nSPS) is 12.9. The van der Waals surface area contributed by atoms with Crippen LogP contribution < -0.4 is 0 Å². The smallest absolute Gasteiger partial charge is 0.410 e. The van der Waals surface area contributed by atoms with E-state index in [1.165, 1.54) is 0 Å². The third kappa shape index (κ3) is 5.14. The number of rotatable bonds is 8. The predicted octanol–water partition coefficient (Wildman–Crippen LogP) is 2.76. The van der Waals surface area contributed by atoms with Crippen LogP contribution in [-0.2, 0) is 19.4 Å². The van der Waals surface area contributed by atoms with Gasteiger partial charge in [-0.15, -0.1) is 0 Å². The maximum Gasteiger partial charge on any atom is 0.410 e. The zero-order valence-corrected chi connectivity index (χ0v) is 16.9. The van der Waals surface area contributed by atoms with E-state index in [9.17, 15) is 18.0 Å². The summed E-state index contributed by atoms with van der Waals surface area (Å²) < 4.78 is 28.0. The maximum absolute atomic E-state index is 12.5. The average Bonchev–Trinajstić information content (AvgIpc) is 2.98. The lowest BCUT2D eigenvalue weighted by molar-refractivity contribution is -0.138. The van der Waals surface area contributed by atoms with Crippen LogP contribution in [0.3, 0.4) is 0 Å². The molecule has 0 heterocycles. The number of carboxylic acids is 1. The molecule has 0 bridgehead atoms. The molecule has 0 aliphatic heterocycles. The fourth-order valence-corrected chi connectivity index (χ4v) is 4.25. The Morgan fingerprint density at radius 1 is 1.03 bits per heavy atom. The number of sulfone groups is 1. The Hall–Kier alpha value is -2.87. The molecule has 2 aromatic rings. The molecule has 1 aliphatic carbocycles. The number of ether oxygens (including phenoxy) is 1. The van der Waals surface area contributed by atoms with Crippen LogP contribution in [0.1, 0.15) is 23.5 Å². The van der Waals surface area contributed by atoms with Gasteiger partial charge in [0.25, 0.3) is 0 Å². The first kappa shape index (κ1) is 20.9. The summed E-state index contributed by atoms with van der Waals surface area (Å²) in [6, 6.07) is 15.8. The lowest BCUT2D eigenvalue weighted by atomic mass is 9.98. The third-order valence-corrected chi connectivity index (χ3v) is 5.89. The summed E-state index contributed by atoms with van der Waals surface area (Å²) in [5.74, 6) is -1.44. The number of hydrogen-bond acceptors (Lipinski definition) is 5. The second-order valence-electron chi connectivity index (χ2n) is 7.10. The van der Waals surface area contributed by atoms with E-state index in [1.807, 2.05) is 48.5 Å². The molecule has 0 radical (unpaired) electrons. The van der Waals surface area contributed by atoms with Crippen molar-refractivity contribution in [2.45, 2.75) is 12.3 Å². The van der Waals surface area contributed by atoms with Gasteiger partial charge in [0, 0.05) is 18.7 Å². The second-order valence-corrected chi connectivity index (χ2v) is 9.36. The van der Waals surface area contributed by atoms with Gasteiger partial charge in [-0.25, -0.2) is 13.2 Å². The van der Waals surface area contributed by atoms with Gasteiger partial charge in [0.05, 0.1) is 5.75 Å². The number of hydrogen-bond donors (Lipinski definition) is 1. The number of fused-ring (bicyclic) bond motifs is 3. The molecule has 29 heavy (non-hydrogen) atoms. The summed E-state index contributed by atoms with van der Waals surface area (Å²) in [7, 11) is -3.19. The molecule has 0 saturated carbocycles. The molecule has 1 amide bonds. The minimum atomic E-state index is -3.19. The van der Waals surface area contributed by atoms with Crippen molar-refractivity contribution < 1.29 is 27.9 Å². The van der Waals surface area contributed by atoms with Gasteiger partial charge in [0.15, 0.2) is 0 Å². The molecule has 3 rings (SSSR count). The molecule has 1 N–H and O–H groups in total. The Labute approximate surface area is 169 Å². The van der Waals surface area contributed by atoms with E-state index in [0.29, 0.717) is 0 Å². The topological polar surface area (TPSA) is 101 Å². The number of aliphatic carboxylic acids is 1. The van der Waals surface area contributed by atoms with Crippen molar-refractivity contribution in [2.75, 3.05) is 31.7 Å². The number of benzene rings is 2. The van der Waals surface area contributed by atoms with Crippen LogP contribution in [-0.4, -0.2) is 62.2 Å². The van der Waals surface area contributed by atoms with Crippen LogP contribution in [0.25, 0.3) is 11.1 Å². The fraction of sp³-hybridized carbons (Fsp3) is 0.333. The molecule has 154 valence electrons. The molecule has 0 fully saturated rings. The lowest BCUT2D eigenvalue weighted by Crippen LogP contribution is -2.38. The number of carbonyl (C=O) groups excluding carboxylic acids is 1. The molecular weight excluding hydrogens is 394 g/mol. The standard InChI is InChI=1S/C21H23NO6S/c1-29(26,27)12-6-11-22(13-20(23)24)21(25)28-14-19-17-9-4-2-7-15(17)16-8-3-5-10-18(16)19/h2-5,7-10,19H,6,11-14H2,1H3,(H,23,24). The van der Waals surface area contributed by atoms with Gasteiger partial charge in [-0.3, -0.25) is 9.69 Å². The van der Waals surface area contributed by atoms with Gasteiger partial charge in [0.1, 0.15) is 23.0 Å². The van der Waals surface area contributed by atoms with Crippen LogP contribution in [0.5, 0.6) is 0 Å². The van der Waals surface area contributed by atoms with Crippen molar-refractivity contribution in [1.29, 1.82) is 0 Å². The Morgan fingerprint density at radius 2 is 1.59 bits per heavy atom. The van der Waals surface area contributed by atoms with Crippen LogP contribution >= 0.6 is 0 Å². The highest BCUT2D eigenvalue weighted by Crippen LogP contribution is 2.44. The molecule has 0 spiro atoms. The first-order valence-electron chi connectivity index (χ1n) is 9.25. The Morgan fingerprint density at radius 3 is 2.10 bits per heavy atom. The largest absolute Gasteiger partial charge is 0.480 e. The molecule has 2 aromatic carbocycles. The van der Waals surface area contributed by atoms with Gasteiger partial charge in [-0.2, -0.15) is 0 Å². The Kier molecular flexibility index (Phi) is 6.22. The van der Waals surface area contributed by atoms with Crippen molar-refractivity contribution in [1.82, 2.24) is 4.90 Å². The maximum atomic E-state index is 12.5. The monoisotopic (exact) mass is 417 g/mol. The molecule has 0 aromatic heterocycles. The summed E-state index contributed by atoms with van der Waals surface area (Å²) >= 11 is 0. The zero-order chi connectivity index (χ0) is 21.0. The predicted molar refractivity (Wildman–Crippen MR) is 109 cm³/mol. The van der Waals surface area contributed by atoms with E-state index in [1.54, 1.807) is 0 Å². The van der Waals surface area contributed by atoms with Crippen LogP contribution in [0, 0.1) is 0 Å². The summed E-state index contributed by atoms with van der Waals surface area (Å²) in [5.41, 5.74) is 4.31. The Balaban J connectivity index is 1.70. The van der Waals surface area contributed by atoms with E-state index < -0.39 is 28.4 Å². The van der Waals surface area contributed by atoms with Crippen LogP contribution in [0.2, 0.25) is 0 Å². The zero-order valence-electron chi connectivity index (χ0n) is 16.1. The summed E-state index contributed by atoms with van der Waals surface area (Å²) in [4.78, 5) is 24.6. The van der Waals surface area contributed by atoms with Crippen molar-refractivity contribution in [3.05, 3.63) is 59.7 Å². The minimum Gasteiger partial charge on any atom is -0.480 e. The SMILES string of the molecule is CS(=O)(=O)CCCN(CC(=O)O)C(=O)OCC1c2ccccc2-c2ccccc21. The van der Waals surface area contributed by atoms with Crippen molar-refractivity contribution >= 4 is 21.9 Å². The summed E-state index contributed by atoms with van der Waals surface area (Å²) in [5, 5.41) is 9.06. The van der Waals surface area contributed by atoms with E-state index in [4.69, 9.17) is 9.84 Å². The molecule has 0 saturated heterocycles. The van der Waals surface area contributed by atoms with Crippen LogP contribution in [0.15, 0.2) is 48.5 Å². The van der Waals surface area contributed by atoms with E-state index in [2.05, 4.69) is 0 Å². The molecule has 0 unspecified atom stereocenters. The first-order valence-corrected chi connectivity index (χ1v) is 11.3. The molecule has 7 nitrogen and oxygen atoms in total. The number of carbonyl (C=O) groups is 2. The summed E-state index contributed by atoms with van der Waals surface area (Å²) in [6.45, 7) is -0.467. The Bertz CT molecular complexity index is 972. The minimum absolute atomic E-state index is 0.00392. The van der Waals surface area contributed by atoms with E-state index >= 15 is 0 Å². The summed E-state index contributed by atoms with van der Waals surface area (Å²) in [6.07, 6.45) is 0.487. The number of amides is 1.